The summed E-state index contributed by atoms with van der Waals surface area (Å²) in [4.78, 5) is 0. The maximum absolute atomic E-state index is 6.09. The fourth-order valence-electron chi connectivity index (χ4n) is 2.86. The molecule has 1 aliphatic heterocycles. The minimum absolute atomic E-state index is 0.133. The zero-order valence-corrected chi connectivity index (χ0v) is 13.5. The van der Waals surface area contributed by atoms with E-state index >= 15 is 0 Å². The molecule has 2 heteroatoms. The molecule has 1 N–H and O–H groups in total. The zero-order chi connectivity index (χ0) is 14.6. The molecule has 2 nitrogen and oxygen atoms in total. The van der Waals surface area contributed by atoms with Crippen molar-refractivity contribution in [2.75, 3.05) is 19.7 Å². The molecule has 1 aliphatic rings. The lowest BCUT2D eigenvalue weighted by Gasteiger charge is -2.25. The molecule has 2 rings (SSSR count). The van der Waals surface area contributed by atoms with Crippen LogP contribution in [0.3, 0.4) is 0 Å². The van der Waals surface area contributed by atoms with Crippen LogP contribution in [0.15, 0.2) is 18.2 Å². The van der Waals surface area contributed by atoms with E-state index in [-0.39, 0.29) is 5.41 Å². The van der Waals surface area contributed by atoms with E-state index < -0.39 is 0 Å². The molecule has 0 unspecified atom stereocenters. The van der Waals surface area contributed by atoms with Gasteiger partial charge >= 0.3 is 0 Å². The van der Waals surface area contributed by atoms with Crippen LogP contribution >= 0.6 is 0 Å². The molecular weight excluding hydrogens is 246 g/mol. The molecule has 0 spiro atoms. The third kappa shape index (κ3) is 4.24. The van der Waals surface area contributed by atoms with Crippen molar-refractivity contribution < 1.29 is 4.74 Å². The van der Waals surface area contributed by atoms with Gasteiger partial charge in [-0.15, -0.1) is 0 Å². The van der Waals surface area contributed by atoms with Crippen molar-refractivity contribution in [1.82, 2.24) is 5.32 Å². The Bertz CT molecular complexity index is 428. The summed E-state index contributed by atoms with van der Waals surface area (Å²) < 4.78 is 6.09. The van der Waals surface area contributed by atoms with E-state index in [1.165, 1.54) is 30.5 Å². The first kappa shape index (κ1) is 15.4. The molecule has 1 saturated heterocycles. The van der Waals surface area contributed by atoms with Crippen LogP contribution in [0.1, 0.15) is 51.2 Å². The molecule has 0 aromatic heterocycles. The second kappa shape index (κ2) is 6.62. The van der Waals surface area contributed by atoms with Gasteiger partial charge in [-0.1, -0.05) is 38.5 Å². The van der Waals surface area contributed by atoms with Crippen LogP contribution in [0.2, 0.25) is 0 Å². The van der Waals surface area contributed by atoms with Gasteiger partial charge in [-0.25, -0.2) is 0 Å². The molecular formula is C18H29NO. The van der Waals surface area contributed by atoms with Gasteiger partial charge in [-0.3, -0.25) is 0 Å². The van der Waals surface area contributed by atoms with Crippen molar-refractivity contribution in [3.8, 4) is 5.75 Å². The number of ether oxygens (including phenoxy) is 1. The smallest absolute Gasteiger partial charge is 0.123 e. The van der Waals surface area contributed by atoms with Crippen LogP contribution in [-0.4, -0.2) is 19.7 Å². The Morgan fingerprint density at radius 1 is 1.30 bits per heavy atom. The lowest BCUT2D eigenvalue weighted by molar-refractivity contribution is 0.250. The normalized spacial score (nSPS) is 19.9. The Balaban J connectivity index is 1.95. The first-order valence-corrected chi connectivity index (χ1v) is 7.91. The molecule has 1 atom stereocenters. The summed E-state index contributed by atoms with van der Waals surface area (Å²) in [6.45, 7) is 12.1. The molecule has 0 amide bonds. The maximum Gasteiger partial charge on any atom is 0.123 e. The molecule has 1 fully saturated rings. The third-order valence-electron chi connectivity index (χ3n) is 4.13. The monoisotopic (exact) mass is 275 g/mol. The first-order chi connectivity index (χ1) is 9.47. The van der Waals surface area contributed by atoms with E-state index in [2.05, 4.69) is 51.2 Å². The molecule has 0 bridgehead atoms. The van der Waals surface area contributed by atoms with E-state index in [4.69, 9.17) is 4.74 Å². The highest BCUT2D eigenvalue weighted by Crippen LogP contribution is 2.32. The highest BCUT2D eigenvalue weighted by Gasteiger charge is 2.19. The Hall–Kier alpha value is -1.02. The largest absolute Gasteiger partial charge is 0.493 e. The highest BCUT2D eigenvalue weighted by atomic mass is 16.5. The van der Waals surface area contributed by atoms with Crippen LogP contribution in [0.25, 0.3) is 0 Å². The maximum atomic E-state index is 6.09. The quantitative estimate of drug-likeness (QED) is 0.894. The highest BCUT2D eigenvalue weighted by molar-refractivity contribution is 5.41. The van der Waals surface area contributed by atoms with Crippen molar-refractivity contribution in [3.05, 3.63) is 29.3 Å². The standard InChI is InChI=1S/C18H29NO/c1-14-7-8-17(16(12-14)18(2,3)4)20-11-9-15-6-5-10-19-13-15/h7-8,12,15,19H,5-6,9-11,13H2,1-4H3/t15-/m0/s1. The molecule has 20 heavy (non-hydrogen) atoms. The van der Waals surface area contributed by atoms with Gasteiger partial charge in [0.1, 0.15) is 5.75 Å². The van der Waals surface area contributed by atoms with Gasteiger partial charge in [0.05, 0.1) is 6.61 Å². The van der Waals surface area contributed by atoms with Crippen LogP contribution in [0.4, 0.5) is 0 Å². The average molecular weight is 275 g/mol. The summed E-state index contributed by atoms with van der Waals surface area (Å²) in [5.41, 5.74) is 2.76. The lowest BCUT2D eigenvalue weighted by atomic mass is 9.85. The van der Waals surface area contributed by atoms with Crippen molar-refractivity contribution in [2.24, 2.45) is 5.92 Å². The lowest BCUT2D eigenvalue weighted by Crippen LogP contribution is -2.30. The van der Waals surface area contributed by atoms with Crippen molar-refractivity contribution in [1.29, 1.82) is 0 Å². The number of hydrogen-bond acceptors (Lipinski definition) is 2. The predicted molar refractivity (Wildman–Crippen MR) is 85.6 cm³/mol. The second-order valence-electron chi connectivity index (χ2n) is 7.10. The summed E-state index contributed by atoms with van der Waals surface area (Å²) in [7, 11) is 0. The minimum atomic E-state index is 0.133. The average Bonchev–Trinajstić information content (AvgIpc) is 2.40. The van der Waals surface area contributed by atoms with E-state index in [0.29, 0.717) is 0 Å². The Labute approximate surface area is 123 Å². The summed E-state index contributed by atoms with van der Waals surface area (Å²) in [6.07, 6.45) is 3.81. The summed E-state index contributed by atoms with van der Waals surface area (Å²) in [6, 6.07) is 6.54. The fourth-order valence-corrected chi connectivity index (χ4v) is 2.86. The van der Waals surface area contributed by atoms with Gasteiger partial charge in [-0.2, -0.15) is 0 Å². The van der Waals surface area contributed by atoms with Crippen LogP contribution < -0.4 is 10.1 Å². The van der Waals surface area contributed by atoms with Gasteiger partial charge in [0.15, 0.2) is 0 Å². The molecule has 0 aliphatic carbocycles. The summed E-state index contributed by atoms with van der Waals surface area (Å²) >= 11 is 0. The number of benzene rings is 1. The van der Waals surface area contributed by atoms with Crippen molar-refractivity contribution >= 4 is 0 Å². The zero-order valence-electron chi connectivity index (χ0n) is 13.5. The molecule has 1 aromatic rings. The van der Waals surface area contributed by atoms with Gasteiger partial charge in [-0.05, 0) is 62.2 Å². The van der Waals surface area contributed by atoms with E-state index in [9.17, 15) is 0 Å². The van der Waals surface area contributed by atoms with Crippen LogP contribution in [-0.2, 0) is 5.41 Å². The molecule has 1 heterocycles. The Kier molecular flexibility index (Phi) is 5.09. The van der Waals surface area contributed by atoms with Crippen LogP contribution in [0.5, 0.6) is 5.75 Å². The molecule has 0 radical (unpaired) electrons. The van der Waals surface area contributed by atoms with Crippen LogP contribution in [0, 0.1) is 12.8 Å². The number of hydrogen-bond donors (Lipinski definition) is 1. The molecule has 1 aromatic carbocycles. The van der Waals surface area contributed by atoms with Gasteiger partial charge in [0.25, 0.3) is 0 Å². The number of nitrogens with one attached hydrogen (secondary N) is 1. The molecule has 112 valence electrons. The predicted octanol–water partition coefficient (Wildman–Crippen LogP) is 4.06. The second-order valence-corrected chi connectivity index (χ2v) is 7.10. The minimum Gasteiger partial charge on any atom is -0.493 e. The van der Waals surface area contributed by atoms with E-state index in [0.717, 1.165) is 31.2 Å². The topological polar surface area (TPSA) is 21.3 Å². The molecule has 0 saturated carbocycles. The summed E-state index contributed by atoms with van der Waals surface area (Å²) in [5.74, 6) is 1.85. The van der Waals surface area contributed by atoms with E-state index in [1.54, 1.807) is 0 Å². The number of aryl methyl sites for hydroxylation is 1. The van der Waals surface area contributed by atoms with Gasteiger partial charge in [0, 0.05) is 0 Å². The Morgan fingerprint density at radius 2 is 2.10 bits per heavy atom. The van der Waals surface area contributed by atoms with Crippen molar-refractivity contribution in [2.45, 2.75) is 52.4 Å². The first-order valence-electron chi connectivity index (χ1n) is 7.91. The number of rotatable bonds is 4. The van der Waals surface area contributed by atoms with Gasteiger partial charge < -0.3 is 10.1 Å². The summed E-state index contributed by atoms with van der Waals surface area (Å²) in [5, 5.41) is 3.47. The van der Waals surface area contributed by atoms with E-state index in [1.807, 2.05) is 0 Å². The fraction of sp³-hybridized carbons (Fsp3) is 0.667. The SMILES string of the molecule is Cc1ccc(OCC[C@@H]2CCCNC2)c(C(C)(C)C)c1. The van der Waals surface area contributed by atoms with Crippen molar-refractivity contribution in [3.63, 3.8) is 0 Å². The van der Waals surface area contributed by atoms with Gasteiger partial charge in [0.2, 0.25) is 0 Å². The third-order valence-corrected chi connectivity index (χ3v) is 4.13. The Morgan fingerprint density at radius 3 is 2.75 bits per heavy atom. The number of piperidine rings is 1.